The molecule has 2 aromatic rings. The van der Waals surface area contributed by atoms with Crippen LogP contribution in [0.2, 0.25) is 0 Å². The number of nitrogens with zero attached hydrogens (tertiary/aromatic N) is 1. The Morgan fingerprint density at radius 3 is 2.72 bits per heavy atom. The van der Waals surface area contributed by atoms with Crippen molar-refractivity contribution in [2.24, 2.45) is 0 Å². The molecule has 1 aromatic carbocycles. The van der Waals surface area contributed by atoms with Gasteiger partial charge < -0.3 is 9.67 Å². The van der Waals surface area contributed by atoms with Crippen LogP contribution in [0.5, 0.6) is 0 Å². The molecule has 2 heteroatoms. The van der Waals surface area contributed by atoms with Gasteiger partial charge in [-0.3, -0.25) is 0 Å². The van der Waals surface area contributed by atoms with E-state index in [0.717, 1.165) is 19.3 Å². The number of fused-ring (bicyclic) bond motifs is 1. The van der Waals surface area contributed by atoms with E-state index in [1.54, 1.807) is 0 Å². The first-order valence-corrected chi connectivity index (χ1v) is 6.92. The quantitative estimate of drug-likeness (QED) is 0.811. The largest absolute Gasteiger partial charge is 0.391 e. The van der Waals surface area contributed by atoms with Gasteiger partial charge in [0.2, 0.25) is 0 Å². The molecule has 0 saturated heterocycles. The van der Waals surface area contributed by atoms with Gasteiger partial charge in [-0.2, -0.15) is 0 Å². The van der Waals surface area contributed by atoms with Crippen molar-refractivity contribution < 1.29 is 5.11 Å². The van der Waals surface area contributed by atoms with Gasteiger partial charge in [0, 0.05) is 17.1 Å². The van der Waals surface area contributed by atoms with E-state index in [1.165, 1.54) is 28.5 Å². The Hall–Kier alpha value is -1.28. The minimum atomic E-state index is -0.185. The second-order valence-electron chi connectivity index (χ2n) is 5.66. The van der Waals surface area contributed by atoms with Crippen molar-refractivity contribution in [2.75, 3.05) is 0 Å². The molecule has 1 aliphatic carbocycles. The maximum absolute atomic E-state index is 10.2. The van der Waals surface area contributed by atoms with Crippen LogP contribution >= 0.6 is 0 Å². The molecule has 1 fully saturated rings. The monoisotopic (exact) mass is 243 g/mol. The summed E-state index contributed by atoms with van der Waals surface area (Å²) in [5, 5.41) is 11.5. The normalized spacial score (nSPS) is 24.6. The summed E-state index contributed by atoms with van der Waals surface area (Å²) in [5.74, 6) is 0. The summed E-state index contributed by atoms with van der Waals surface area (Å²) in [7, 11) is 0. The fourth-order valence-corrected chi connectivity index (χ4v) is 3.33. The molecule has 2 atom stereocenters. The number of aryl methyl sites for hydroxylation is 2. The lowest BCUT2D eigenvalue weighted by atomic mass is 9.92. The number of aromatic nitrogens is 1. The SMILES string of the molecule is Cc1cc(C)c2ccn(C3CCCCC3O)c2c1. The Balaban J connectivity index is 2.11. The highest BCUT2D eigenvalue weighted by atomic mass is 16.3. The number of hydrogen-bond donors (Lipinski definition) is 1. The molecule has 2 nitrogen and oxygen atoms in total. The third kappa shape index (κ3) is 1.85. The van der Waals surface area contributed by atoms with Gasteiger partial charge in [-0.1, -0.05) is 18.9 Å². The first kappa shape index (κ1) is 11.8. The van der Waals surface area contributed by atoms with Crippen LogP contribution < -0.4 is 0 Å². The van der Waals surface area contributed by atoms with E-state index in [4.69, 9.17) is 0 Å². The van der Waals surface area contributed by atoms with E-state index in [-0.39, 0.29) is 12.1 Å². The molecule has 0 spiro atoms. The molecule has 1 N–H and O–H groups in total. The highest BCUT2D eigenvalue weighted by Crippen LogP contribution is 2.33. The molecule has 0 radical (unpaired) electrons. The fraction of sp³-hybridized carbons (Fsp3) is 0.500. The Bertz CT molecular complexity index is 570. The highest BCUT2D eigenvalue weighted by molar-refractivity contribution is 5.84. The van der Waals surface area contributed by atoms with Gasteiger partial charge in [0.25, 0.3) is 0 Å². The average Bonchev–Trinajstić information content (AvgIpc) is 2.73. The lowest BCUT2D eigenvalue weighted by molar-refractivity contribution is 0.0776. The molecule has 2 unspecified atom stereocenters. The molecular formula is C16H21NO. The van der Waals surface area contributed by atoms with Crippen molar-refractivity contribution >= 4 is 10.9 Å². The number of aliphatic hydroxyl groups is 1. The number of benzene rings is 1. The van der Waals surface area contributed by atoms with Gasteiger partial charge in [-0.25, -0.2) is 0 Å². The zero-order chi connectivity index (χ0) is 12.7. The second-order valence-corrected chi connectivity index (χ2v) is 5.66. The van der Waals surface area contributed by atoms with E-state index in [2.05, 4.69) is 42.8 Å². The van der Waals surface area contributed by atoms with Crippen molar-refractivity contribution in [2.45, 2.75) is 51.7 Å². The Morgan fingerprint density at radius 2 is 1.94 bits per heavy atom. The van der Waals surface area contributed by atoms with Crippen LogP contribution in [0.25, 0.3) is 10.9 Å². The molecule has 1 aromatic heterocycles. The van der Waals surface area contributed by atoms with E-state index < -0.39 is 0 Å². The van der Waals surface area contributed by atoms with Gasteiger partial charge in [0.05, 0.1) is 12.1 Å². The van der Waals surface area contributed by atoms with E-state index in [0.29, 0.717) is 0 Å². The van der Waals surface area contributed by atoms with Gasteiger partial charge >= 0.3 is 0 Å². The minimum absolute atomic E-state index is 0.185. The van der Waals surface area contributed by atoms with Gasteiger partial charge in [-0.15, -0.1) is 0 Å². The van der Waals surface area contributed by atoms with Crippen LogP contribution in [0, 0.1) is 13.8 Å². The van der Waals surface area contributed by atoms with Crippen LogP contribution in [0.4, 0.5) is 0 Å². The molecule has 0 bridgehead atoms. The Kier molecular flexibility index (Phi) is 2.90. The number of rotatable bonds is 1. The molecule has 1 saturated carbocycles. The van der Waals surface area contributed by atoms with Crippen molar-refractivity contribution in [3.8, 4) is 0 Å². The van der Waals surface area contributed by atoms with Crippen LogP contribution in [-0.4, -0.2) is 15.8 Å². The van der Waals surface area contributed by atoms with E-state index in [1.807, 2.05) is 0 Å². The molecular weight excluding hydrogens is 222 g/mol. The molecule has 0 aliphatic heterocycles. The first-order valence-electron chi connectivity index (χ1n) is 6.92. The smallest absolute Gasteiger partial charge is 0.0747 e. The Labute approximate surface area is 108 Å². The summed E-state index contributed by atoms with van der Waals surface area (Å²) in [6.45, 7) is 4.30. The van der Waals surface area contributed by atoms with Crippen LogP contribution in [0.1, 0.15) is 42.9 Å². The third-order valence-corrected chi connectivity index (χ3v) is 4.24. The molecule has 18 heavy (non-hydrogen) atoms. The van der Waals surface area contributed by atoms with Gasteiger partial charge in [0.1, 0.15) is 0 Å². The standard InChI is InChI=1S/C16H21NO/c1-11-9-12(2)13-7-8-17(15(13)10-11)14-5-3-4-6-16(14)18/h7-10,14,16,18H,3-6H2,1-2H3. The maximum Gasteiger partial charge on any atom is 0.0747 e. The number of aliphatic hydroxyl groups excluding tert-OH is 1. The summed E-state index contributed by atoms with van der Waals surface area (Å²) < 4.78 is 2.29. The van der Waals surface area contributed by atoms with Gasteiger partial charge in [0.15, 0.2) is 0 Å². The van der Waals surface area contributed by atoms with Crippen molar-refractivity contribution in [1.29, 1.82) is 0 Å². The summed E-state index contributed by atoms with van der Waals surface area (Å²) in [4.78, 5) is 0. The lowest BCUT2D eigenvalue weighted by Crippen LogP contribution is -2.27. The summed E-state index contributed by atoms with van der Waals surface area (Å²) in [6.07, 6.45) is 6.39. The maximum atomic E-state index is 10.2. The number of hydrogen-bond acceptors (Lipinski definition) is 1. The highest BCUT2D eigenvalue weighted by Gasteiger charge is 2.25. The average molecular weight is 243 g/mol. The fourth-order valence-electron chi connectivity index (χ4n) is 3.33. The zero-order valence-electron chi connectivity index (χ0n) is 11.2. The van der Waals surface area contributed by atoms with E-state index >= 15 is 0 Å². The van der Waals surface area contributed by atoms with Crippen molar-refractivity contribution in [3.05, 3.63) is 35.5 Å². The molecule has 0 amide bonds. The van der Waals surface area contributed by atoms with Crippen molar-refractivity contribution in [3.63, 3.8) is 0 Å². The predicted molar refractivity (Wildman–Crippen MR) is 74.9 cm³/mol. The summed E-state index contributed by atoms with van der Waals surface area (Å²) in [6, 6.07) is 6.91. The molecule has 96 valence electrons. The van der Waals surface area contributed by atoms with Crippen LogP contribution in [-0.2, 0) is 0 Å². The van der Waals surface area contributed by atoms with E-state index in [9.17, 15) is 5.11 Å². The van der Waals surface area contributed by atoms with Crippen LogP contribution in [0.3, 0.4) is 0 Å². The minimum Gasteiger partial charge on any atom is -0.391 e. The third-order valence-electron chi connectivity index (χ3n) is 4.24. The second kappa shape index (κ2) is 4.43. The molecule has 1 heterocycles. The topological polar surface area (TPSA) is 25.2 Å². The molecule has 1 aliphatic rings. The zero-order valence-corrected chi connectivity index (χ0v) is 11.2. The summed E-state index contributed by atoms with van der Waals surface area (Å²) >= 11 is 0. The Morgan fingerprint density at radius 1 is 1.17 bits per heavy atom. The summed E-state index contributed by atoms with van der Waals surface area (Å²) in [5.41, 5.74) is 3.90. The van der Waals surface area contributed by atoms with Gasteiger partial charge in [-0.05, 0) is 49.9 Å². The molecule has 3 rings (SSSR count). The predicted octanol–water partition coefficient (Wildman–Crippen LogP) is 3.73. The first-order chi connectivity index (χ1) is 8.66. The van der Waals surface area contributed by atoms with Crippen LogP contribution in [0.15, 0.2) is 24.4 Å². The van der Waals surface area contributed by atoms with Crippen molar-refractivity contribution in [1.82, 2.24) is 4.57 Å². The lowest BCUT2D eigenvalue weighted by Gasteiger charge is -2.29.